The molecular weight excluding hydrogens is 174 g/mol. The molecule has 3 heteroatoms. The van der Waals surface area contributed by atoms with Gasteiger partial charge in [-0.3, -0.25) is 4.68 Å². The van der Waals surface area contributed by atoms with E-state index in [1.54, 1.807) is 0 Å². The molecule has 0 bridgehead atoms. The second-order valence-corrected chi connectivity index (χ2v) is 4.31. The summed E-state index contributed by atoms with van der Waals surface area (Å²) in [5, 5.41) is 7.75. The van der Waals surface area contributed by atoms with Crippen LogP contribution in [0.15, 0.2) is 6.20 Å². The number of aromatic nitrogens is 2. The molecule has 2 rings (SSSR count). The van der Waals surface area contributed by atoms with Crippen molar-refractivity contribution < 1.29 is 0 Å². The normalized spacial score (nSPS) is 16.7. The summed E-state index contributed by atoms with van der Waals surface area (Å²) in [6.07, 6.45) is 7.68. The largest absolute Gasteiger partial charge is 0.382 e. The van der Waals surface area contributed by atoms with Gasteiger partial charge in [-0.25, -0.2) is 0 Å². The standard InChI is InChI=1S/C11H19N3/c1-9-11(8-14(2)13-9)12-7-6-10-4-3-5-10/h8,10,12H,3-7H2,1-2H3. The minimum atomic E-state index is 0.986. The maximum absolute atomic E-state index is 4.30. The van der Waals surface area contributed by atoms with Crippen LogP contribution in [0.5, 0.6) is 0 Å². The lowest BCUT2D eigenvalue weighted by molar-refractivity contribution is 0.303. The van der Waals surface area contributed by atoms with Crippen LogP contribution in [0.1, 0.15) is 31.4 Å². The number of aryl methyl sites for hydroxylation is 2. The number of rotatable bonds is 4. The van der Waals surface area contributed by atoms with Gasteiger partial charge in [-0.05, 0) is 19.3 Å². The zero-order valence-corrected chi connectivity index (χ0v) is 9.08. The van der Waals surface area contributed by atoms with Crippen molar-refractivity contribution in [2.75, 3.05) is 11.9 Å². The van der Waals surface area contributed by atoms with Gasteiger partial charge in [-0.1, -0.05) is 19.3 Å². The summed E-state index contributed by atoms with van der Waals surface area (Å²) >= 11 is 0. The summed E-state index contributed by atoms with van der Waals surface area (Å²) in [6, 6.07) is 0. The predicted octanol–water partition coefficient (Wildman–Crippen LogP) is 2.33. The van der Waals surface area contributed by atoms with Crippen molar-refractivity contribution in [3.05, 3.63) is 11.9 Å². The molecule has 0 amide bonds. The van der Waals surface area contributed by atoms with Gasteiger partial charge in [0.15, 0.2) is 0 Å². The lowest BCUT2D eigenvalue weighted by Crippen LogP contribution is -2.15. The Hall–Kier alpha value is -0.990. The molecule has 1 aromatic heterocycles. The molecule has 0 saturated heterocycles. The fourth-order valence-corrected chi connectivity index (χ4v) is 1.97. The molecule has 1 fully saturated rings. The lowest BCUT2D eigenvalue weighted by atomic mass is 9.83. The third kappa shape index (κ3) is 2.08. The van der Waals surface area contributed by atoms with Gasteiger partial charge >= 0.3 is 0 Å². The molecule has 1 aliphatic rings. The van der Waals surface area contributed by atoms with E-state index in [9.17, 15) is 0 Å². The van der Waals surface area contributed by atoms with Crippen molar-refractivity contribution in [3.63, 3.8) is 0 Å². The molecule has 1 aromatic rings. The zero-order valence-electron chi connectivity index (χ0n) is 9.08. The highest BCUT2D eigenvalue weighted by atomic mass is 15.3. The summed E-state index contributed by atoms with van der Waals surface area (Å²) in [4.78, 5) is 0. The summed E-state index contributed by atoms with van der Waals surface area (Å²) in [5.74, 6) is 0.986. The molecule has 1 heterocycles. The molecular formula is C11H19N3. The Morgan fingerprint density at radius 3 is 2.86 bits per heavy atom. The Morgan fingerprint density at radius 2 is 2.36 bits per heavy atom. The minimum Gasteiger partial charge on any atom is -0.382 e. The highest BCUT2D eigenvalue weighted by Crippen LogP contribution is 2.29. The van der Waals surface area contributed by atoms with Crippen molar-refractivity contribution in [2.24, 2.45) is 13.0 Å². The molecule has 78 valence electrons. The SMILES string of the molecule is Cc1nn(C)cc1NCCC1CCC1. The average Bonchev–Trinajstić information content (AvgIpc) is 2.36. The van der Waals surface area contributed by atoms with E-state index in [-0.39, 0.29) is 0 Å². The van der Waals surface area contributed by atoms with Gasteiger partial charge in [0.1, 0.15) is 0 Å². The maximum Gasteiger partial charge on any atom is 0.0824 e. The average molecular weight is 193 g/mol. The third-order valence-electron chi connectivity index (χ3n) is 3.11. The summed E-state index contributed by atoms with van der Waals surface area (Å²) in [7, 11) is 1.96. The van der Waals surface area contributed by atoms with E-state index < -0.39 is 0 Å². The van der Waals surface area contributed by atoms with Crippen molar-refractivity contribution >= 4 is 5.69 Å². The molecule has 0 spiro atoms. The van der Waals surface area contributed by atoms with Crippen molar-refractivity contribution in [3.8, 4) is 0 Å². The number of hydrogen-bond acceptors (Lipinski definition) is 2. The Bertz CT molecular complexity index is 299. The monoisotopic (exact) mass is 193 g/mol. The molecule has 0 radical (unpaired) electrons. The Morgan fingerprint density at radius 1 is 1.57 bits per heavy atom. The van der Waals surface area contributed by atoms with Gasteiger partial charge in [0.2, 0.25) is 0 Å². The Balaban J connectivity index is 1.76. The van der Waals surface area contributed by atoms with E-state index >= 15 is 0 Å². The number of nitrogens with one attached hydrogen (secondary N) is 1. The van der Waals surface area contributed by atoms with Crippen molar-refractivity contribution in [2.45, 2.75) is 32.6 Å². The van der Waals surface area contributed by atoms with E-state index in [0.717, 1.165) is 18.2 Å². The first-order chi connectivity index (χ1) is 6.75. The van der Waals surface area contributed by atoms with Gasteiger partial charge in [-0.2, -0.15) is 5.10 Å². The van der Waals surface area contributed by atoms with Crippen molar-refractivity contribution in [1.82, 2.24) is 9.78 Å². The molecule has 0 unspecified atom stereocenters. The number of hydrogen-bond donors (Lipinski definition) is 1. The molecule has 1 saturated carbocycles. The highest BCUT2D eigenvalue weighted by Gasteiger charge is 2.16. The molecule has 14 heavy (non-hydrogen) atoms. The van der Waals surface area contributed by atoms with E-state index in [1.165, 1.54) is 31.4 Å². The fourth-order valence-electron chi connectivity index (χ4n) is 1.97. The maximum atomic E-state index is 4.30. The summed E-state index contributed by atoms with van der Waals surface area (Å²) in [5.41, 5.74) is 2.29. The molecule has 3 nitrogen and oxygen atoms in total. The second-order valence-electron chi connectivity index (χ2n) is 4.31. The quantitative estimate of drug-likeness (QED) is 0.795. The first-order valence-electron chi connectivity index (χ1n) is 5.50. The Kier molecular flexibility index (Phi) is 2.75. The van der Waals surface area contributed by atoms with Crippen LogP contribution in [0.25, 0.3) is 0 Å². The van der Waals surface area contributed by atoms with Crippen LogP contribution in [0.4, 0.5) is 5.69 Å². The van der Waals surface area contributed by atoms with Crippen LogP contribution in [0.2, 0.25) is 0 Å². The highest BCUT2D eigenvalue weighted by molar-refractivity contribution is 5.45. The first kappa shape index (κ1) is 9.56. The van der Waals surface area contributed by atoms with E-state index in [1.807, 2.05) is 18.7 Å². The van der Waals surface area contributed by atoms with E-state index in [0.29, 0.717) is 0 Å². The summed E-state index contributed by atoms with van der Waals surface area (Å²) < 4.78 is 1.86. The number of nitrogens with zero attached hydrogens (tertiary/aromatic N) is 2. The number of anilines is 1. The first-order valence-corrected chi connectivity index (χ1v) is 5.50. The van der Waals surface area contributed by atoms with Crippen LogP contribution < -0.4 is 5.32 Å². The zero-order chi connectivity index (χ0) is 9.97. The smallest absolute Gasteiger partial charge is 0.0824 e. The van der Waals surface area contributed by atoms with Gasteiger partial charge in [0.05, 0.1) is 11.4 Å². The van der Waals surface area contributed by atoms with Crippen LogP contribution >= 0.6 is 0 Å². The van der Waals surface area contributed by atoms with Crippen LogP contribution in [0.3, 0.4) is 0 Å². The summed E-state index contributed by atoms with van der Waals surface area (Å²) in [6.45, 7) is 3.14. The van der Waals surface area contributed by atoms with E-state index in [2.05, 4.69) is 16.6 Å². The van der Waals surface area contributed by atoms with Crippen LogP contribution in [-0.2, 0) is 7.05 Å². The molecule has 0 aromatic carbocycles. The predicted molar refractivity (Wildman–Crippen MR) is 58.4 cm³/mol. The molecule has 1 N–H and O–H groups in total. The van der Waals surface area contributed by atoms with Crippen LogP contribution in [0, 0.1) is 12.8 Å². The minimum absolute atomic E-state index is 0.986. The second kappa shape index (κ2) is 4.03. The third-order valence-corrected chi connectivity index (χ3v) is 3.11. The molecule has 1 aliphatic carbocycles. The van der Waals surface area contributed by atoms with E-state index in [4.69, 9.17) is 0 Å². The van der Waals surface area contributed by atoms with Gasteiger partial charge in [0.25, 0.3) is 0 Å². The molecule has 0 atom stereocenters. The van der Waals surface area contributed by atoms with Gasteiger partial charge in [-0.15, -0.1) is 0 Å². The fraction of sp³-hybridized carbons (Fsp3) is 0.727. The molecule has 0 aliphatic heterocycles. The van der Waals surface area contributed by atoms with Crippen molar-refractivity contribution in [1.29, 1.82) is 0 Å². The van der Waals surface area contributed by atoms with Gasteiger partial charge in [0, 0.05) is 19.8 Å². The lowest BCUT2D eigenvalue weighted by Gasteiger charge is -2.25. The Labute approximate surface area is 85.5 Å². The van der Waals surface area contributed by atoms with Gasteiger partial charge < -0.3 is 5.32 Å². The topological polar surface area (TPSA) is 29.9 Å². The van der Waals surface area contributed by atoms with Crippen LogP contribution in [-0.4, -0.2) is 16.3 Å².